The van der Waals surface area contributed by atoms with E-state index < -0.39 is 23.8 Å². The topological polar surface area (TPSA) is 109 Å². The van der Waals surface area contributed by atoms with Crippen LogP contribution in [0.25, 0.3) is 0 Å². The van der Waals surface area contributed by atoms with E-state index in [1.54, 1.807) is 6.07 Å². The Balaban J connectivity index is 2.24. The van der Waals surface area contributed by atoms with Crippen LogP contribution in [-0.4, -0.2) is 35.5 Å². The summed E-state index contributed by atoms with van der Waals surface area (Å²) in [6.07, 6.45) is 1.38. The Kier molecular flexibility index (Phi) is 4.91. The Hall–Kier alpha value is -2.31. The molecule has 3 N–H and O–H groups in total. The Bertz CT molecular complexity index is 427. The Labute approximate surface area is 103 Å². The minimum atomic E-state index is -1.11. The van der Waals surface area contributed by atoms with E-state index in [4.69, 9.17) is 9.52 Å². The maximum Gasteiger partial charge on any atom is 0.325 e. The molecule has 18 heavy (non-hydrogen) atoms. The smallest absolute Gasteiger partial charge is 0.325 e. The van der Waals surface area contributed by atoms with Gasteiger partial charge in [0.2, 0.25) is 5.91 Å². The summed E-state index contributed by atoms with van der Waals surface area (Å²) in [5.41, 5.74) is 0. The predicted octanol–water partition coefficient (Wildman–Crippen LogP) is -0.0112. The van der Waals surface area contributed by atoms with E-state index in [0.717, 1.165) is 0 Å². The molecule has 0 fully saturated rings. The fourth-order valence-electron chi connectivity index (χ4n) is 1.16. The molecule has 7 nitrogen and oxygen atoms in total. The van der Waals surface area contributed by atoms with Gasteiger partial charge < -0.3 is 20.2 Å². The molecule has 2 amide bonds. The third kappa shape index (κ3) is 4.28. The molecule has 0 saturated carbocycles. The number of hydrogen-bond donors (Lipinski definition) is 3. The van der Waals surface area contributed by atoms with E-state index in [2.05, 4.69) is 10.6 Å². The first kappa shape index (κ1) is 13.8. The number of aliphatic carboxylic acids is 1. The molecule has 0 aliphatic heterocycles. The number of carboxylic acids is 1. The van der Waals surface area contributed by atoms with Crippen LogP contribution in [0.2, 0.25) is 0 Å². The lowest BCUT2D eigenvalue weighted by Gasteiger charge is -2.09. The molecule has 1 aromatic heterocycles. The molecule has 0 radical (unpaired) electrons. The van der Waals surface area contributed by atoms with Crippen molar-refractivity contribution in [3.63, 3.8) is 0 Å². The molecular weight excluding hydrogens is 240 g/mol. The summed E-state index contributed by atoms with van der Waals surface area (Å²) in [5, 5.41) is 13.3. The number of rotatable bonds is 6. The minimum Gasteiger partial charge on any atom is -0.480 e. The first-order valence-corrected chi connectivity index (χ1v) is 5.34. The molecular formula is C11H14N2O5. The van der Waals surface area contributed by atoms with E-state index in [0.29, 0.717) is 0 Å². The van der Waals surface area contributed by atoms with Crippen LogP contribution in [0.3, 0.4) is 0 Å². The van der Waals surface area contributed by atoms with E-state index in [1.165, 1.54) is 19.3 Å². The van der Waals surface area contributed by atoms with Crippen molar-refractivity contribution in [2.75, 3.05) is 6.54 Å². The number of amides is 2. The van der Waals surface area contributed by atoms with Crippen LogP contribution in [0.15, 0.2) is 22.8 Å². The van der Waals surface area contributed by atoms with E-state index in [1.807, 2.05) is 0 Å². The van der Waals surface area contributed by atoms with Crippen LogP contribution in [0.5, 0.6) is 0 Å². The second-order valence-electron chi connectivity index (χ2n) is 3.61. The normalized spacial score (nSPS) is 11.6. The second-order valence-corrected chi connectivity index (χ2v) is 3.61. The first-order chi connectivity index (χ1) is 8.50. The highest BCUT2D eigenvalue weighted by molar-refractivity contribution is 5.91. The molecule has 7 heteroatoms. The number of carbonyl (C=O) groups is 3. The van der Waals surface area contributed by atoms with Crippen molar-refractivity contribution in [1.82, 2.24) is 10.6 Å². The van der Waals surface area contributed by atoms with Crippen molar-refractivity contribution in [2.24, 2.45) is 0 Å². The van der Waals surface area contributed by atoms with Gasteiger partial charge in [-0.3, -0.25) is 14.4 Å². The number of hydrogen-bond acceptors (Lipinski definition) is 4. The van der Waals surface area contributed by atoms with Crippen LogP contribution in [0.1, 0.15) is 23.9 Å². The van der Waals surface area contributed by atoms with Crippen molar-refractivity contribution in [1.29, 1.82) is 0 Å². The number of carboxylic acid groups (broad SMARTS) is 1. The largest absolute Gasteiger partial charge is 0.480 e. The summed E-state index contributed by atoms with van der Waals surface area (Å²) in [7, 11) is 0. The van der Waals surface area contributed by atoms with E-state index in [9.17, 15) is 14.4 Å². The van der Waals surface area contributed by atoms with Gasteiger partial charge in [-0.2, -0.15) is 0 Å². The summed E-state index contributed by atoms with van der Waals surface area (Å²) in [5.74, 6) is -1.80. The molecule has 1 aromatic rings. The Morgan fingerprint density at radius 1 is 1.44 bits per heavy atom. The lowest BCUT2D eigenvalue weighted by atomic mass is 10.3. The summed E-state index contributed by atoms with van der Waals surface area (Å²) in [4.78, 5) is 33.1. The van der Waals surface area contributed by atoms with Crippen molar-refractivity contribution >= 4 is 17.8 Å². The van der Waals surface area contributed by atoms with Gasteiger partial charge in [0.15, 0.2) is 5.76 Å². The van der Waals surface area contributed by atoms with Gasteiger partial charge in [0.05, 0.1) is 6.26 Å². The van der Waals surface area contributed by atoms with E-state index in [-0.39, 0.29) is 18.7 Å². The van der Waals surface area contributed by atoms with Crippen LogP contribution >= 0.6 is 0 Å². The standard InChI is InChI=1S/C11H14N2O5/c1-7(11(16)17)13-9(14)4-5-12-10(15)8-3-2-6-18-8/h2-3,6-7H,4-5H2,1H3,(H,12,15)(H,13,14)(H,16,17)/t7-/m1/s1. The molecule has 1 rings (SSSR count). The summed E-state index contributed by atoms with van der Waals surface area (Å²) in [6, 6.07) is 2.14. The summed E-state index contributed by atoms with van der Waals surface area (Å²) < 4.78 is 4.86. The zero-order chi connectivity index (χ0) is 13.5. The molecule has 1 atom stereocenters. The average Bonchev–Trinajstić information content (AvgIpc) is 2.81. The van der Waals surface area contributed by atoms with Crippen LogP contribution in [0.4, 0.5) is 0 Å². The third-order valence-electron chi connectivity index (χ3n) is 2.13. The molecule has 0 spiro atoms. The number of carbonyl (C=O) groups excluding carboxylic acids is 2. The van der Waals surface area contributed by atoms with Gasteiger partial charge in [-0.25, -0.2) is 0 Å². The average molecular weight is 254 g/mol. The molecule has 0 aliphatic carbocycles. The number of furan rings is 1. The maximum atomic E-state index is 11.4. The SMILES string of the molecule is C[C@@H](NC(=O)CCNC(=O)c1ccco1)C(=O)O. The van der Waals surface area contributed by atoms with Crippen molar-refractivity contribution in [2.45, 2.75) is 19.4 Å². The van der Waals surface area contributed by atoms with E-state index >= 15 is 0 Å². The molecule has 0 aromatic carbocycles. The minimum absolute atomic E-state index is 0.00404. The van der Waals surface area contributed by atoms with Gasteiger partial charge in [0.25, 0.3) is 5.91 Å². The first-order valence-electron chi connectivity index (χ1n) is 5.34. The molecule has 0 saturated heterocycles. The van der Waals surface area contributed by atoms with Gasteiger partial charge in [0.1, 0.15) is 6.04 Å². The molecule has 98 valence electrons. The lowest BCUT2D eigenvalue weighted by molar-refractivity contribution is -0.141. The zero-order valence-corrected chi connectivity index (χ0v) is 9.80. The fraction of sp³-hybridized carbons (Fsp3) is 0.364. The van der Waals surface area contributed by atoms with Crippen molar-refractivity contribution < 1.29 is 23.9 Å². The van der Waals surface area contributed by atoms with Crippen LogP contribution in [-0.2, 0) is 9.59 Å². The highest BCUT2D eigenvalue weighted by Gasteiger charge is 2.14. The van der Waals surface area contributed by atoms with Gasteiger partial charge >= 0.3 is 5.97 Å². The van der Waals surface area contributed by atoms with Crippen LogP contribution in [0, 0.1) is 0 Å². The third-order valence-corrected chi connectivity index (χ3v) is 2.13. The summed E-state index contributed by atoms with van der Waals surface area (Å²) in [6.45, 7) is 1.47. The fourth-order valence-corrected chi connectivity index (χ4v) is 1.16. The highest BCUT2D eigenvalue weighted by Crippen LogP contribution is 1.98. The highest BCUT2D eigenvalue weighted by atomic mass is 16.4. The monoisotopic (exact) mass is 254 g/mol. The van der Waals surface area contributed by atoms with Crippen molar-refractivity contribution in [3.8, 4) is 0 Å². The predicted molar refractivity (Wildman–Crippen MR) is 60.9 cm³/mol. The maximum absolute atomic E-state index is 11.4. The van der Waals surface area contributed by atoms with Gasteiger partial charge in [0, 0.05) is 13.0 Å². The quantitative estimate of drug-likeness (QED) is 0.661. The second kappa shape index (κ2) is 6.43. The number of nitrogens with one attached hydrogen (secondary N) is 2. The van der Waals surface area contributed by atoms with Crippen molar-refractivity contribution in [3.05, 3.63) is 24.2 Å². The molecule has 0 aliphatic rings. The van der Waals surface area contributed by atoms with Gasteiger partial charge in [-0.1, -0.05) is 0 Å². The molecule has 0 unspecified atom stereocenters. The van der Waals surface area contributed by atoms with Crippen LogP contribution < -0.4 is 10.6 Å². The lowest BCUT2D eigenvalue weighted by Crippen LogP contribution is -2.39. The summed E-state index contributed by atoms with van der Waals surface area (Å²) >= 11 is 0. The zero-order valence-electron chi connectivity index (χ0n) is 9.80. The Morgan fingerprint density at radius 2 is 2.17 bits per heavy atom. The Morgan fingerprint density at radius 3 is 2.72 bits per heavy atom. The van der Waals surface area contributed by atoms with Gasteiger partial charge in [-0.05, 0) is 19.1 Å². The van der Waals surface area contributed by atoms with Gasteiger partial charge in [-0.15, -0.1) is 0 Å². The molecule has 0 bridgehead atoms. The molecule has 1 heterocycles.